The third-order valence-electron chi connectivity index (χ3n) is 2.03. The zero-order valence-corrected chi connectivity index (χ0v) is 9.45. The average Bonchev–Trinajstić information content (AvgIpc) is 2.23. The van der Waals surface area contributed by atoms with Gasteiger partial charge in [0.2, 0.25) is 0 Å². The minimum atomic E-state index is 0.657. The van der Waals surface area contributed by atoms with Gasteiger partial charge in [0.15, 0.2) is 0 Å². The standard InChI is InChI=1S/C12H19NO2/c1-11-4-3-5-12(10-11)13-6-7-15-9-8-14-2/h3-5,10,13H,6-9H2,1-2H3. The van der Waals surface area contributed by atoms with Crippen LogP contribution in [0.3, 0.4) is 0 Å². The number of anilines is 1. The van der Waals surface area contributed by atoms with Crippen molar-refractivity contribution in [2.24, 2.45) is 0 Å². The van der Waals surface area contributed by atoms with E-state index in [1.54, 1.807) is 7.11 Å². The maximum Gasteiger partial charge on any atom is 0.0701 e. The van der Waals surface area contributed by atoms with Crippen LogP contribution >= 0.6 is 0 Å². The lowest BCUT2D eigenvalue weighted by Gasteiger charge is -2.07. The van der Waals surface area contributed by atoms with Crippen LogP contribution in [0.5, 0.6) is 0 Å². The number of hydrogen-bond acceptors (Lipinski definition) is 3. The van der Waals surface area contributed by atoms with Crippen LogP contribution in [0.25, 0.3) is 0 Å². The summed E-state index contributed by atoms with van der Waals surface area (Å²) in [7, 11) is 1.67. The van der Waals surface area contributed by atoms with E-state index in [4.69, 9.17) is 9.47 Å². The third kappa shape index (κ3) is 5.40. The number of methoxy groups -OCH3 is 1. The highest BCUT2D eigenvalue weighted by atomic mass is 16.5. The van der Waals surface area contributed by atoms with Crippen molar-refractivity contribution in [2.75, 3.05) is 38.8 Å². The number of aryl methyl sites for hydroxylation is 1. The molecule has 0 saturated carbocycles. The van der Waals surface area contributed by atoms with E-state index in [-0.39, 0.29) is 0 Å². The molecule has 1 aromatic carbocycles. The summed E-state index contributed by atoms with van der Waals surface area (Å²) in [5.74, 6) is 0. The van der Waals surface area contributed by atoms with Gasteiger partial charge in [0.05, 0.1) is 19.8 Å². The van der Waals surface area contributed by atoms with Crippen LogP contribution in [0.15, 0.2) is 24.3 Å². The molecule has 0 aliphatic carbocycles. The molecule has 84 valence electrons. The predicted molar refractivity (Wildman–Crippen MR) is 62.4 cm³/mol. The van der Waals surface area contributed by atoms with Crippen molar-refractivity contribution < 1.29 is 9.47 Å². The SMILES string of the molecule is COCCOCCNc1cccc(C)c1. The van der Waals surface area contributed by atoms with Gasteiger partial charge in [-0.25, -0.2) is 0 Å². The van der Waals surface area contributed by atoms with Gasteiger partial charge in [-0.15, -0.1) is 0 Å². The molecule has 0 saturated heterocycles. The van der Waals surface area contributed by atoms with Crippen LogP contribution in [0.4, 0.5) is 5.69 Å². The second kappa shape index (κ2) is 7.26. The highest BCUT2D eigenvalue weighted by molar-refractivity contribution is 5.45. The van der Waals surface area contributed by atoms with Crippen LogP contribution in [-0.4, -0.2) is 33.5 Å². The molecule has 3 heteroatoms. The maximum atomic E-state index is 5.34. The minimum absolute atomic E-state index is 0.657. The Morgan fingerprint density at radius 2 is 2.07 bits per heavy atom. The number of ether oxygens (including phenoxy) is 2. The molecule has 3 nitrogen and oxygen atoms in total. The average molecular weight is 209 g/mol. The van der Waals surface area contributed by atoms with Gasteiger partial charge >= 0.3 is 0 Å². The topological polar surface area (TPSA) is 30.5 Å². The highest BCUT2D eigenvalue weighted by Gasteiger charge is 1.92. The van der Waals surface area contributed by atoms with Crippen molar-refractivity contribution in [1.82, 2.24) is 0 Å². The number of rotatable bonds is 7. The Kier molecular flexibility index (Phi) is 5.81. The van der Waals surface area contributed by atoms with E-state index in [2.05, 4.69) is 30.4 Å². The van der Waals surface area contributed by atoms with E-state index in [1.165, 1.54) is 5.56 Å². The van der Waals surface area contributed by atoms with Gasteiger partial charge < -0.3 is 14.8 Å². The van der Waals surface area contributed by atoms with Crippen molar-refractivity contribution in [3.8, 4) is 0 Å². The zero-order valence-electron chi connectivity index (χ0n) is 9.45. The summed E-state index contributed by atoms with van der Waals surface area (Å²) in [6, 6.07) is 8.31. The highest BCUT2D eigenvalue weighted by Crippen LogP contribution is 2.08. The Balaban J connectivity index is 2.10. The van der Waals surface area contributed by atoms with E-state index >= 15 is 0 Å². The molecule has 0 heterocycles. The normalized spacial score (nSPS) is 10.3. The van der Waals surface area contributed by atoms with Gasteiger partial charge in [-0.05, 0) is 24.6 Å². The fourth-order valence-corrected chi connectivity index (χ4v) is 1.27. The first-order chi connectivity index (χ1) is 7.33. The van der Waals surface area contributed by atoms with Crippen molar-refractivity contribution in [1.29, 1.82) is 0 Å². The molecule has 0 spiro atoms. The molecule has 0 amide bonds. The molecular formula is C12H19NO2. The predicted octanol–water partition coefficient (Wildman–Crippen LogP) is 2.07. The molecule has 0 radical (unpaired) electrons. The van der Waals surface area contributed by atoms with Crippen molar-refractivity contribution >= 4 is 5.69 Å². The second-order valence-electron chi connectivity index (χ2n) is 3.40. The smallest absolute Gasteiger partial charge is 0.0701 e. The van der Waals surface area contributed by atoms with E-state index in [9.17, 15) is 0 Å². The van der Waals surface area contributed by atoms with Gasteiger partial charge in [-0.1, -0.05) is 12.1 Å². The summed E-state index contributed by atoms with van der Waals surface area (Å²) in [4.78, 5) is 0. The third-order valence-corrected chi connectivity index (χ3v) is 2.03. The molecule has 0 aliphatic rings. The number of benzene rings is 1. The number of nitrogens with one attached hydrogen (secondary N) is 1. The Hall–Kier alpha value is -1.06. The van der Waals surface area contributed by atoms with Gasteiger partial charge in [-0.2, -0.15) is 0 Å². The lowest BCUT2D eigenvalue weighted by atomic mass is 10.2. The summed E-state index contributed by atoms with van der Waals surface area (Å²) in [6.07, 6.45) is 0. The van der Waals surface area contributed by atoms with Crippen LogP contribution in [0.2, 0.25) is 0 Å². The fraction of sp³-hybridized carbons (Fsp3) is 0.500. The van der Waals surface area contributed by atoms with Crippen LogP contribution in [-0.2, 0) is 9.47 Å². The lowest BCUT2D eigenvalue weighted by molar-refractivity contribution is 0.0759. The summed E-state index contributed by atoms with van der Waals surface area (Å²) in [5.41, 5.74) is 2.41. The molecule has 15 heavy (non-hydrogen) atoms. The number of hydrogen-bond donors (Lipinski definition) is 1. The van der Waals surface area contributed by atoms with Crippen molar-refractivity contribution in [3.63, 3.8) is 0 Å². The summed E-state index contributed by atoms with van der Waals surface area (Å²) in [5, 5.41) is 3.30. The summed E-state index contributed by atoms with van der Waals surface area (Å²) >= 11 is 0. The Morgan fingerprint density at radius 1 is 1.20 bits per heavy atom. The molecular weight excluding hydrogens is 190 g/mol. The Morgan fingerprint density at radius 3 is 2.80 bits per heavy atom. The molecule has 0 atom stereocenters. The quantitative estimate of drug-likeness (QED) is 0.697. The van der Waals surface area contributed by atoms with Gasteiger partial charge in [0.1, 0.15) is 0 Å². The Bertz CT molecular complexity index is 276. The first-order valence-corrected chi connectivity index (χ1v) is 5.20. The van der Waals surface area contributed by atoms with Crippen molar-refractivity contribution in [2.45, 2.75) is 6.92 Å². The van der Waals surface area contributed by atoms with E-state index in [0.717, 1.165) is 12.2 Å². The monoisotopic (exact) mass is 209 g/mol. The summed E-state index contributed by atoms with van der Waals surface area (Å²) in [6.45, 7) is 4.93. The van der Waals surface area contributed by atoms with Gasteiger partial charge in [-0.3, -0.25) is 0 Å². The Labute approximate surface area is 91.4 Å². The van der Waals surface area contributed by atoms with E-state index in [0.29, 0.717) is 19.8 Å². The molecule has 1 aromatic rings. The van der Waals surface area contributed by atoms with E-state index < -0.39 is 0 Å². The molecule has 0 unspecified atom stereocenters. The molecule has 0 aliphatic heterocycles. The molecule has 0 fully saturated rings. The molecule has 0 bridgehead atoms. The first kappa shape index (κ1) is 12.0. The maximum absolute atomic E-state index is 5.34. The van der Waals surface area contributed by atoms with Crippen LogP contribution in [0, 0.1) is 6.92 Å². The molecule has 0 aromatic heterocycles. The fourth-order valence-electron chi connectivity index (χ4n) is 1.27. The van der Waals surface area contributed by atoms with Crippen LogP contribution < -0.4 is 5.32 Å². The minimum Gasteiger partial charge on any atom is -0.383 e. The van der Waals surface area contributed by atoms with Gasteiger partial charge in [0.25, 0.3) is 0 Å². The van der Waals surface area contributed by atoms with Crippen LogP contribution in [0.1, 0.15) is 5.56 Å². The lowest BCUT2D eigenvalue weighted by Crippen LogP contribution is -2.11. The zero-order chi connectivity index (χ0) is 10.9. The molecule has 1 N–H and O–H groups in total. The van der Waals surface area contributed by atoms with Gasteiger partial charge in [0, 0.05) is 19.3 Å². The summed E-state index contributed by atoms with van der Waals surface area (Å²) < 4.78 is 10.2. The van der Waals surface area contributed by atoms with Crippen molar-refractivity contribution in [3.05, 3.63) is 29.8 Å². The first-order valence-electron chi connectivity index (χ1n) is 5.20. The molecule has 1 rings (SSSR count). The second-order valence-corrected chi connectivity index (χ2v) is 3.40. The largest absolute Gasteiger partial charge is 0.383 e. The van der Waals surface area contributed by atoms with E-state index in [1.807, 2.05) is 6.07 Å².